The van der Waals surface area contributed by atoms with Crippen molar-refractivity contribution in [3.8, 4) is 0 Å². The summed E-state index contributed by atoms with van der Waals surface area (Å²) in [5.74, 6) is -0.519. The monoisotopic (exact) mass is 117 g/mol. The summed E-state index contributed by atoms with van der Waals surface area (Å²) in [5.41, 5.74) is 0. The largest absolute Gasteiger partial charge is 0.355 e. The number of carbonyl (C=O) groups is 1. The van der Waals surface area contributed by atoms with E-state index in [1.165, 1.54) is 6.92 Å². The molecule has 0 aromatic rings. The number of alkyl halides is 1. The van der Waals surface area contributed by atoms with Crippen LogP contribution in [0.4, 0.5) is 4.39 Å². The number of β-lactam (4-membered cyclic amide) rings is 1. The zero-order chi connectivity index (χ0) is 6.15. The van der Waals surface area contributed by atoms with Crippen LogP contribution in [0.2, 0.25) is 0 Å². The molecule has 1 fully saturated rings. The van der Waals surface area contributed by atoms with Crippen LogP contribution in [-0.2, 0) is 4.79 Å². The Morgan fingerprint density at radius 1 is 2.00 bits per heavy atom. The van der Waals surface area contributed by atoms with E-state index in [4.69, 9.17) is 0 Å². The molecule has 3 heteroatoms. The first-order valence-corrected chi connectivity index (χ1v) is 2.63. The van der Waals surface area contributed by atoms with Gasteiger partial charge in [-0.1, -0.05) is 0 Å². The van der Waals surface area contributed by atoms with Crippen LogP contribution in [0.25, 0.3) is 0 Å². The molecule has 0 aliphatic carbocycles. The molecule has 2 unspecified atom stereocenters. The number of hydrogen-bond acceptors (Lipinski definition) is 1. The summed E-state index contributed by atoms with van der Waals surface area (Å²) in [5, 5.41) is 2.46. The fourth-order valence-electron chi connectivity index (χ4n) is 0.674. The molecule has 0 aromatic carbocycles. The zero-order valence-electron chi connectivity index (χ0n) is 4.65. The Labute approximate surface area is 47.1 Å². The summed E-state index contributed by atoms with van der Waals surface area (Å²) in [6, 6.07) is 0. The molecule has 2 nitrogen and oxygen atoms in total. The maximum absolute atomic E-state index is 12.1. The van der Waals surface area contributed by atoms with Gasteiger partial charge in [-0.3, -0.25) is 4.79 Å². The standard InChI is InChI=1S/C5H8FNO/c1-3(6)4-2-7-5(4)8/h3-4H,2H2,1H3,(H,7,8). The Kier molecular flexibility index (Phi) is 1.19. The average molecular weight is 117 g/mol. The normalized spacial score (nSPS) is 30.8. The third-order valence-electron chi connectivity index (χ3n) is 1.39. The number of nitrogens with one attached hydrogen (secondary N) is 1. The predicted molar refractivity (Wildman–Crippen MR) is 27.1 cm³/mol. The topological polar surface area (TPSA) is 29.1 Å². The summed E-state index contributed by atoms with van der Waals surface area (Å²) in [4.78, 5) is 10.3. The highest BCUT2D eigenvalue weighted by Gasteiger charge is 2.32. The molecule has 1 rings (SSSR count). The summed E-state index contributed by atoms with van der Waals surface area (Å²) >= 11 is 0. The maximum Gasteiger partial charge on any atom is 0.227 e. The van der Waals surface area contributed by atoms with E-state index in [1.807, 2.05) is 0 Å². The molecule has 0 bridgehead atoms. The van der Waals surface area contributed by atoms with Gasteiger partial charge in [0.2, 0.25) is 5.91 Å². The number of hydrogen-bond donors (Lipinski definition) is 1. The zero-order valence-corrected chi connectivity index (χ0v) is 4.65. The number of amides is 1. The number of carbonyl (C=O) groups excluding carboxylic acids is 1. The minimum Gasteiger partial charge on any atom is -0.355 e. The SMILES string of the molecule is CC(F)C1CNC1=O. The van der Waals surface area contributed by atoms with E-state index in [1.54, 1.807) is 0 Å². The van der Waals surface area contributed by atoms with Crippen molar-refractivity contribution in [2.45, 2.75) is 13.1 Å². The van der Waals surface area contributed by atoms with Gasteiger partial charge in [-0.15, -0.1) is 0 Å². The van der Waals surface area contributed by atoms with Gasteiger partial charge in [0.05, 0.1) is 5.92 Å². The van der Waals surface area contributed by atoms with Crippen molar-refractivity contribution in [2.75, 3.05) is 6.54 Å². The van der Waals surface area contributed by atoms with Crippen LogP contribution in [0.15, 0.2) is 0 Å². The Hall–Kier alpha value is -0.600. The highest BCUT2D eigenvalue weighted by atomic mass is 19.1. The molecule has 1 saturated heterocycles. The van der Waals surface area contributed by atoms with E-state index < -0.39 is 6.17 Å². The Morgan fingerprint density at radius 2 is 2.62 bits per heavy atom. The van der Waals surface area contributed by atoms with Gasteiger partial charge >= 0.3 is 0 Å². The van der Waals surface area contributed by atoms with Crippen LogP contribution in [0.1, 0.15) is 6.92 Å². The molecular weight excluding hydrogens is 109 g/mol. The average Bonchev–Trinajstić information content (AvgIpc) is 1.61. The first-order chi connectivity index (χ1) is 3.72. The van der Waals surface area contributed by atoms with Gasteiger partial charge in [-0.05, 0) is 6.92 Å². The molecule has 0 radical (unpaired) electrons. The van der Waals surface area contributed by atoms with Crippen molar-refractivity contribution in [2.24, 2.45) is 5.92 Å². The van der Waals surface area contributed by atoms with Gasteiger partial charge in [0.15, 0.2) is 0 Å². The molecule has 0 saturated carbocycles. The van der Waals surface area contributed by atoms with E-state index in [9.17, 15) is 9.18 Å². The first-order valence-electron chi connectivity index (χ1n) is 2.63. The van der Waals surface area contributed by atoms with Gasteiger partial charge in [-0.2, -0.15) is 0 Å². The Balaban J connectivity index is 2.37. The van der Waals surface area contributed by atoms with E-state index in [0.29, 0.717) is 6.54 Å². The van der Waals surface area contributed by atoms with Crippen molar-refractivity contribution < 1.29 is 9.18 Å². The van der Waals surface area contributed by atoms with Crippen molar-refractivity contribution in [3.05, 3.63) is 0 Å². The van der Waals surface area contributed by atoms with Crippen LogP contribution in [0.3, 0.4) is 0 Å². The molecule has 0 aromatic heterocycles. The maximum atomic E-state index is 12.1. The van der Waals surface area contributed by atoms with Gasteiger partial charge in [-0.25, -0.2) is 4.39 Å². The van der Waals surface area contributed by atoms with E-state index in [-0.39, 0.29) is 11.8 Å². The number of rotatable bonds is 1. The smallest absolute Gasteiger partial charge is 0.227 e. The highest BCUT2D eigenvalue weighted by molar-refractivity contribution is 5.84. The lowest BCUT2D eigenvalue weighted by Gasteiger charge is -2.26. The first kappa shape index (κ1) is 5.54. The summed E-state index contributed by atoms with van der Waals surface area (Å²) in [6.07, 6.45) is -0.983. The molecule has 1 heterocycles. The molecule has 2 atom stereocenters. The molecule has 0 spiro atoms. The van der Waals surface area contributed by atoms with Crippen LogP contribution in [-0.4, -0.2) is 18.6 Å². The van der Waals surface area contributed by atoms with Gasteiger partial charge < -0.3 is 5.32 Å². The molecule has 1 aliphatic heterocycles. The lowest BCUT2D eigenvalue weighted by molar-refractivity contribution is -0.133. The molecule has 1 amide bonds. The molecule has 1 N–H and O–H groups in total. The van der Waals surface area contributed by atoms with Crippen LogP contribution in [0, 0.1) is 5.92 Å². The highest BCUT2D eigenvalue weighted by Crippen LogP contribution is 2.12. The summed E-state index contributed by atoms with van der Waals surface area (Å²) in [7, 11) is 0. The minimum absolute atomic E-state index is 0.153. The van der Waals surface area contributed by atoms with E-state index in [0.717, 1.165) is 0 Å². The molecular formula is C5H8FNO. The molecule has 8 heavy (non-hydrogen) atoms. The Bertz CT molecular complexity index is 113. The molecule has 1 aliphatic rings. The van der Waals surface area contributed by atoms with Crippen molar-refractivity contribution >= 4 is 5.91 Å². The predicted octanol–water partition coefficient (Wildman–Crippen LogP) is 0.0904. The lowest BCUT2D eigenvalue weighted by atomic mass is 9.98. The van der Waals surface area contributed by atoms with E-state index in [2.05, 4.69) is 5.32 Å². The van der Waals surface area contributed by atoms with Gasteiger partial charge in [0, 0.05) is 6.54 Å². The van der Waals surface area contributed by atoms with Gasteiger partial charge in [0.25, 0.3) is 0 Å². The van der Waals surface area contributed by atoms with Crippen LogP contribution >= 0.6 is 0 Å². The van der Waals surface area contributed by atoms with Crippen molar-refractivity contribution in [3.63, 3.8) is 0 Å². The van der Waals surface area contributed by atoms with Crippen LogP contribution in [0.5, 0.6) is 0 Å². The van der Waals surface area contributed by atoms with Crippen LogP contribution < -0.4 is 5.32 Å². The second kappa shape index (κ2) is 1.73. The Morgan fingerprint density at radius 3 is 2.62 bits per heavy atom. The fraction of sp³-hybridized carbons (Fsp3) is 0.800. The fourth-order valence-corrected chi connectivity index (χ4v) is 0.674. The quantitative estimate of drug-likeness (QED) is 0.484. The second-order valence-electron chi connectivity index (χ2n) is 2.03. The lowest BCUT2D eigenvalue weighted by Crippen LogP contribution is -2.52. The minimum atomic E-state index is -0.983. The molecule has 46 valence electrons. The third kappa shape index (κ3) is 0.680. The van der Waals surface area contributed by atoms with Crippen molar-refractivity contribution in [1.82, 2.24) is 5.32 Å². The van der Waals surface area contributed by atoms with Gasteiger partial charge in [0.1, 0.15) is 6.17 Å². The second-order valence-corrected chi connectivity index (χ2v) is 2.03. The van der Waals surface area contributed by atoms with E-state index >= 15 is 0 Å². The number of halogens is 1. The summed E-state index contributed by atoms with van der Waals surface area (Å²) in [6.45, 7) is 1.92. The third-order valence-corrected chi connectivity index (χ3v) is 1.39. The summed E-state index contributed by atoms with van der Waals surface area (Å²) < 4.78 is 12.1. The van der Waals surface area contributed by atoms with Crippen molar-refractivity contribution in [1.29, 1.82) is 0 Å².